The Morgan fingerprint density at radius 3 is 2.54 bits per heavy atom. The van der Waals surface area contributed by atoms with Crippen LogP contribution < -0.4 is 0 Å². The predicted molar refractivity (Wildman–Crippen MR) is 90.0 cm³/mol. The molecular formula is C18H18N4O2. The van der Waals surface area contributed by atoms with Gasteiger partial charge in [0.1, 0.15) is 0 Å². The van der Waals surface area contributed by atoms with Gasteiger partial charge in [-0.15, -0.1) is 5.10 Å². The molecular weight excluding hydrogens is 304 g/mol. The van der Waals surface area contributed by atoms with Gasteiger partial charge in [0.05, 0.1) is 18.4 Å². The van der Waals surface area contributed by atoms with Crippen LogP contribution >= 0.6 is 0 Å². The molecule has 0 amide bonds. The van der Waals surface area contributed by atoms with Crippen molar-refractivity contribution in [2.75, 3.05) is 7.11 Å². The van der Waals surface area contributed by atoms with Gasteiger partial charge in [0.15, 0.2) is 5.82 Å². The van der Waals surface area contributed by atoms with E-state index in [-0.39, 0.29) is 0 Å². The van der Waals surface area contributed by atoms with Crippen LogP contribution in [-0.4, -0.2) is 33.3 Å². The zero-order chi connectivity index (χ0) is 17.1. The number of nitrogens with zero attached hydrogens (tertiary/aromatic N) is 4. The molecule has 0 fully saturated rings. The molecule has 6 heteroatoms. The summed E-state index contributed by atoms with van der Waals surface area (Å²) in [6.45, 7) is 4.02. The quantitative estimate of drug-likeness (QED) is 0.691. The highest BCUT2D eigenvalue weighted by Crippen LogP contribution is 2.25. The molecule has 3 aromatic rings. The van der Waals surface area contributed by atoms with Crippen molar-refractivity contribution in [2.45, 2.75) is 20.3 Å². The van der Waals surface area contributed by atoms with E-state index in [2.05, 4.69) is 15.5 Å². The fraction of sp³-hybridized carbons (Fsp3) is 0.222. The van der Waals surface area contributed by atoms with Crippen LogP contribution in [0.1, 0.15) is 28.7 Å². The van der Waals surface area contributed by atoms with Crippen LogP contribution in [0, 0.1) is 6.92 Å². The van der Waals surface area contributed by atoms with Crippen LogP contribution in [-0.2, 0) is 11.2 Å². The standard InChI is InChI=1S/C18H18N4O2/c1-4-17-19-20-21-22(17)16-10-14(9-15(11-16)18(23)24-3)13-7-5-12(2)6-8-13/h5-11H,4H2,1-3H3. The summed E-state index contributed by atoms with van der Waals surface area (Å²) in [6, 6.07) is 13.6. The third kappa shape index (κ3) is 3.03. The molecule has 0 spiro atoms. The van der Waals surface area contributed by atoms with Crippen molar-refractivity contribution >= 4 is 5.97 Å². The number of carbonyl (C=O) groups excluding carboxylic acids is 1. The number of aromatic nitrogens is 4. The topological polar surface area (TPSA) is 69.9 Å². The van der Waals surface area contributed by atoms with E-state index >= 15 is 0 Å². The third-order valence-corrected chi connectivity index (χ3v) is 3.82. The summed E-state index contributed by atoms with van der Waals surface area (Å²) in [6.07, 6.45) is 0.690. The summed E-state index contributed by atoms with van der Waals surface area (Å²) in [5, 5.41) is 11.8. The van der Waals surface area contributed by atoms with Crippen molar-refractivity contribution in [2.24, 2.45) is 0 Å². The second-order valence-corrected chi connectivity index (χ2v) is 5.49. The SMILES string of the molecule is CCc1nnnn1-c1cc(C(=O)OC)cc(-c2ccc(C)cc2)c1. The molecule has 0 saturated carbocycles. The first-order valence-electron chi connectivity index (χ1n) is 7.70. The van der Waals surface area contributed by atoms with Gasteiger partial charge in [0.2, 0.25) is 0 Å². The molecule has 6 nitrogen and oxygen atoms in total. The van der Waals surface area contributed by atoms with Gasteiger partial charge < -0.3 is 4.74 Å². The Bertz CT molecular complexity index is 869. The molecule has 1 heterocycles. The molecule has 0 aliphatic rings. The van der Waals surface area contributed by atoms with Crippen molar-refractivity contribution in [3.05, 3.63) is 59.4 Å². The van der Waals surface area contributed by atoms with Gasteiger partial charge in [-0.25, -0.2) is 4.79 Å². The molecule has 3 rings (SSSR count). The van der Waals surface area contributed by atoms with Crippen LogP contribution in [0.25, 0.3) is 16.8 Å². The Labute approximate surface area is 140 Å². The third-order valence-electron chi connectivity index (χ3n) is 3.82. The van der Waals surface area contributed by atoms with Crippen LogP contribution in [0.4, 0.5) is 0 Å². The van der Waals surface area contributed by atoms with E-state index in [1.54, 1.807) is 10.7 Å². The minimum Gasteiger partial charge on any atom is -0.465 e. The van der Waals surface area contributed by atoms with E-state index in [0.717, 1.165) is 22.6 Å². The molecule has 0 unspecified atom stereocenters. The summed E-state index contributed by atoms with van der Waals surface area (Å²) < 4.78 is 6.52. The molecule has 0 N–H and O–H groups in total. The smallest absolute Gasteiger partial charge is 0.337 e. The summed E-state index contributed by atoms with van der Waals surface area (Å²) in [4.78, 5) is 12.0. The number of ether oxygens (including phenoxy) is 1. The van der Waals surface area contributed by atoms with E-state index < -0.39 is 5.97 Å². The Hall–Kier alpha value is -3.02. The molecule has 2 aromatic carbocycles. The van der Waals surface area contributed by atoms with Crippen LogP contribution in [0.3, 0.4) is 0 Å². The van der Waals surface area contributed by atoms with Crippen molar-refractivity contribution in [1.29, 1.82) is 0 Å². The largest absolute Gasteiger partial charge is 0.465 e. The van der Waals surface area contributed by atoms with Gasteiger partial charge in [0.25, 0.3) is 0 Å². The Kier molecular flexibility index (Phi) is 4.37. The Balaban J connectivity index is 2.17. The van der Waals surface area contributed by atoms with Crippen molar-refractivity contribution in [3.63, 3.8) is 0 Å². The highest BCUT2D eigenvalue weighted by Gasteiger charge is 2.14. The molecule has 0 atom stereocenters. The number of aryl methyl sites for hydroxylation is 2. The number of tetrazole rings is 1. The van der Waals surface area contributed by atoms with Gasteiger partial charge >= 0.3 is 5.97 Å². The van der Waals surface area contributed by atoms with E-state index in [0.29, 0.717) is 12.0 Å². The maximum absolute atomic E-state index is 12.0. The molecule has 0 aliphatic carbocycles. The monoisotopic (exact) mass is 322 g/mol. The highest BCUT2D eigenvalue weighted by atomic mass is 16.5. The molecule has 0 aliphatic heterocycles. The van der Waals surface area contributed by atoms with Crippen molar-refractivity contribution < 1.29 is 9.53 Å². The Morgan fingerprint density at radius 1 is 1.12 bits per heavy atom. The average molecular weight is 322 g/mol. The number of methoxy groups -OCH3 is 1. The van der Waals surface area contributed by atoms with E-state index in [1.807, 2.05) is 50.2 Å². The molecule has 0 saturated heterocycles. The van der Waals surface area contributed by atoms with Gasteiger partial charge in [0, 0.05) is 6.42 Å². The number of carbonyl (C=O) groups is 1. The van der Waals surface area contributed by atoms with Crippen LogP contribution in [0.2, 0.25) is 0 Å². The number of hydrogen-bond acceptors (Lipinski definition) is 5. The minimum absolute atomic E-state index is 0.392. The number of rotatable bonds is 4. The van der Waals surface area contributed by atoms with Crippen LogP contribution in [0.5, 0.6) is 0 Å². The second-order valence-electron chi connectivity index (χ2n) is 5.49. The second kappa shape index (κ2) is 6.62. The van der Waals surface area contributed by atoms with E-state index in [4.69, 9.17) is 4.74 Å². The predicted octanol–water partition coefficient (Wildman–Crippen LogP) is 2.99. The van der Waals surface area contributed by atoms with Gasteiger partial charge in [-0.05, 0) is 46.7 Å². The molecule has 1 aromatic heterocycles. The lowest BCUT2D eigenvalue weighted by Crippen LogP contribution is -2.07. The maximum atomic E-state index is 12.0. The molecule has 122 valence electrons. The first-order chi connectivity index (χ1) is 11.6. The molecule has 24 heavy (non-hydrogen) atoms. The zero-order valence-corrected chi connectivity index (χ0v) is 13.9. The number of esters is 1. The fourth-order valence-electron chi connectivity index (χ4n) is 2.51. The van der Waals surface area contributed by atoms with Crippen molar-refractivity contribution in [3.8, 4) is 16.8 Å². The first kappa shape index (κ1) is 15.9. The fourth-order valence-corrected chi connectivity index (χ4v) is 2.51. The van der Waals surface area contributed by atoms with Gasteiger partial charge in [-0.3, -0.25) is 0 Å². The van der Waals surface area contributed by atoms with E-state index in [1.165, 1.54) is 12.7 Å². The van der Waals surface area contributed by atoms with Gasteiger partial charge in [-0.1, -0.05) is 36.8 Å². The first-order valence-corrected chi connectivity index (χ1v) is 7.70. The Morgan fingerprint density at radius 2 is 1.88 bits per heavy atom. The maximum Gasteiger partial charge on any atom is 0.337 e. The highest BCUT2D eigenvalue weighted by molar-refractivity contribution is 5.92. The normalized spacial score (nSPS) is 10.6. The minimum atomic E-state index is -0.392. The lowest BCUT2D eigenvalue weighted by Gasteiger charge is -2.10. The lowest BCUT2D eigenvalue weighted by molar-refractivity contribution is 0.0600. The molecule has 0 radical (unpaired) electrons. The average Bonchev–Trinajstić information content (AvgIpc) is 3.10. The lowest BCUT2D eigenvalue weighted by atomic mass is 10.0. The summed E-state index contributed by atoms with van der Waals surface area (Å²) in [5.74, 6) is 0.336. The summed E-state index contributed by atoms with van der Waals surface area (Å²) in [7, 11) is 1.37. The summed E-state index contributed by atoms with van der Waals surface area (Å²) >= 11 is 0. The number of hydrogen-bond donors (Lipinski definition) is 0. The van der Waals surface area contributed by atoms with E-state index in [9.17, 15) is 4.79 Å². The van der Waals surface area contributed by atoms with Crippen LogP contribution in [0.15, 0.2) is 42.5 Å². The van der Waals surface area contributed by atoms with Gasteiger partial charge in [-0.2, -0.15) is 4.68 Å². The van der Waals surface area contributed by atoms with Crippen molar-refractivity contribution in [1.82, 2.24) is 20.2 Å². The number of benzene rings is 2. The molecule has 0 bridgehead atoms. The summed E-state index contributed by atoms with van der Waals surface area (Å²) in [5.41, 5.74) is 4.29. The zero-order valence-electron chi connectivity index (χ0n) is 13.9.